The zero-order valence-corrected chi connectivity index (χ0v) is 13.1. The van der Waals surface area contributed by atoms with Crippen LogP contribution in [-0.4, -0.2) is 35.8 Å². The Kier molecular flexibility index (Phi) is 5.20. The van der Waals surface area contributed by atoms with Crippen LogP contribution in [0, 0.1) is 0 Å². The molecule has 1 aromatic heterocycles. The number of hydrogen-bond acceptors (Lipinski definition) is 5. The van der Waals surface area contributed by atoms with Gasteiger partial charge in [-0.3, -0.25) is 9.59 Å². The topological polar surface area (TPSA) is 107 Å². The molecule has 2 aromatic rings. The van der Waals surface area contributed by atoms with Gasteiger partial charge in [-0.05, 0) is 24.3 Å². The molecule has 0 saturated heterocycles. The number of hydrogen-bond donors (Lipinski definition) is 2. The van der Waals surface area contributed by atoms with E-state index >= 15 is 0 Å². The Hall–Kier alpha value is -3.29. The van der Waals surface area contributed by atoms with Gasteiger partial charge in [0.1, 0.15) is 23.6 Å². The number of carbonyl (C=O) groups is 2. The van der Waals surface area contributed by atoms with Crippen LogP contribution in [0.2, 0.25) is 0 Å². The smallest absolute Gasteiger partial charge is 0.341 e. The van der Waals surface area contributed by atoms with Gasteiger partial charge in [0.15, 0.2) is 0 Å². The van der Waals surface area contributed by atoms with E-state index in [2.05, 4.69) is 5.32 Å². The number of benzene rings is 1. The van der Waals surface area contributed by atoms with Crippen molar-refractivity contribution in [2.45, 2.75) is 6.54 Å². The van der Waals surface area contributed by atoms with Crippen LogP contribution >= 0.6 is 0 Å². The molecule has 0 unspecified atom stereocenters. The van der Waals surface area contributed by atoms with Gasteiger partial charge in [0.2, 0.25) is 5.91 Å². The molecular formula is C16H16N2O6. The van der Waals surface area contributed by atoms with E-state index in [1.807, 2.05) is 0 Å². The summed E-state index contributed by atoms with van der Waals surface area (Å²) in [6, 6.07) is 7.46. The van der Waals surface area contributed by atoms with Crippen LogP contribution in [0.3, 0.4) is 0 Å². The van der Waals surface area contributed by atoms with E-state index in [1.165, 1.54) is 32.5 Å². The van der Waals surface area contributed by atoms with Gasteiger partial charge in [-0.15, -0.1) is 0 Å². The number of aromatic carboxylic acids is 1. The fraction of sp³-hybridized carbons (Fsp3) is 0.188. The van der Waals surface area contributed by atoms with Crippen molar-refractivity contribution < 1.29 is 24.2 Å². The van der Waals surface area contributed by atoms with Gasteiger partial charge >= 0.3 is 5.97 Å². The third-order valence-electron chi connectivity index (χ3n) is 3.25. The number of carboxylic acid groups (broad SMARTS) is 1. The molecule has 1 aromatic carbocycles. The van der Waals surface area contributed by atoms with Crippen LogP contribution in [0.4, 0.5) is 5.69 Å². The molecule has 0 bridgehead atoms. The van der Waals surface area contributed by atoms with Gasteiger partial charge in [0, 0.05) is 12.3 Å². The molecule has 1 amide bonds. The summed E-state index contributed by atoms with van der Waals surface area (Å²) >= 11 is 0. The van der Waals surface area contributed by atoms with E-state index < -0.39 is 23.0 Å². The predicted octanol–water partition coefficient (Wildman–Crippen LogP) is 1.20. The van der Waals surface area contributed by atoms with E-state index in [4.69, 9.17) is 14.6 Å². The Morgan fingerprint density at radius 1 is 1.21 bits per heavy atom. The van der Waals surface area contributed by atoms with Crippen LogP contribution in [-0.2, 0) is 11.3 Å². The highest BCUT2D eigenvalue weighted by atomic mass is 16.5. The lowest BCUT2D eigenvalue weighted by Crippen LogP contribution is -2.30. The number of ether oxygens (including phenoxy) is 2. The Labute approximate surface area is 137 Å². The first-order valence-electron chi connectivity index (χ1n) is 6.91. The van der Waals surface area contributed by atoms with Crippen LogP contribution in [0.1, 0.15) is 10.4 Å². The molecule has 2 N–H and O–H groups in total. The molecule has 126 valence electrons. The van der Waals surface area contributed by atoms with E-state index in [0.717, 1.165) is 4.57 Å². The molecule has 1 heterocycles. The zero-order valence-electron chi connectivity index (χ0n) is 13.1. The van der Waals surface area contributed by atoms with E-state index in [9.17, 15) is 14.4 Å². The summed E-state index contributed by atoms with van der Waals surface area (Å²) in [6.07, 6.45) is 1.34. The van der Waals surface area contributed by atoms with Crippen molar-refractivity contribution in [1.82, 2.24) is 4.57 Å². The lowest BCUT2D eigenvalue weighted by atomic mass is 10.2. The molecule has 0 fully saturated rings. The van der Waals surface area contributed by atoms with Crippen molar-refractivity contribution in [3.8, 4) is 11.5 Å². The average molecular weight is 332 g/mol. The van der Waals surface area contributed by atoms with Crippen molar-refractivity contribution >= 4 is 17.6 Å². The first kappa shape index (κ1) is 17.1. The van der Waals surface area contributed by atoms with Crippen molar-refractivity contribution in [1.29, 1.82) is 0 Å². The van der Waals surface area contributed by atoms with Gasteiger partial charge in [-0.2, -0.15) is 0 Å². The summed E-state index contributed by atoms with van der Waals surface area (Å²) in [5.74, 6) is -0.901. The van der Waals surface area contributed by atoms with Crippen LogP contribution < -0.4 is 20.3 Å². The summed E-state index contributed by atoms with van der Waals surface area (Å²) in [6.45, 7) is -0.333. The first-order chi connectivity index (χ1) is 11.5. The number of amides is 1. The molecule has 0 spiro atoms. The van der Waals surface area contributed by atoms with Crippen molar-refractivity contribution in [2.24, 2.45) is 0 Å². The van der Waals surface area contributed by atoms with Crippen LogP contribution in [0.25, 0.3) is 0 Å². The molecule has 0 saturated carbocycles. The maximum absolute atomic E-state index is 12.2. The number of nitrogens with zero attached hydrogens (tertiary/aromatic N) is 1. The molecule has 0 radical (unpaired) electrons. The van der Waals surface area contributed by atoms with Gasteiger partial charge in [0.25, 0.3) is 5.56 Å². The minimum atomic E-state index is -1.34. The number of carbonyl (C=O) groups excluding carboxylic acids is 1. The second-order valence-corrected chi connectivity index (χ2v) is 4.77. The zero-order chi connectivity index (χ0) is 17.7. The number of anilines is 1. The van der Waals surface area contributed by atoms with Crippen LogP contribution in [0.5, 0.6) is 11.5 Å². The third kappa shape index (κ3) is 3.72. The first-order valence-corrected chi connectivity index (χ1v) is 6.91. The quantitative estimate of drug-likeness (QED) is 0.823. The largest absolute Gasteiger partial charge is 0.497 e. The molecule has 0 aliphatic rings. The minimum Gasteiger partial charge on any atom is -0.497 e. The number of rotatable bonds is 6. The molecule has 2 rings (SSSR count). The maximum Gasteiger partial charge on any atom is 0.341 e. The Morgan fingerprint density at radius 3 is 2.58 bits per heavy atom. The SMILES string of the molecule is COc1ccc(OC)c(NC(=O)Cn2cccc(C(=O)O)c2=O)c1. The summed E-state index contributed by atoms with van der Waals surface area (Å²) in [5, 5.41) is 11.6. The highest BCUT2D eigenvalue weighted by Gasteiger charge is 2.14. The van der Waals surface area contributed by atoms with E-state index in [-0.39, 0.29) is 6.54 Å². The second-order valence-electron chi connectivity index (χ2n) is 4.77. The fourth-order valence-corrected chi connectivity index (χ4v) is 2.08. The average Bonchev–Trinajstić information content (AvgIpc) is 2.56. The van der Waals surface area contributed by atoms with Crippen molar-refractivity contribution in [3.63, 3.8) is 0 Å². The predicted molar refractivity (Wildman–Crippen MR) is 85.8 cm³/mol. The second kappa shape index (κ2) is 7.32. The molecule has 0 atom stereocenters. The number of nitrogens with one attached hydrogen (secondary N) is 1. The standard InChI is InChI=1S/C16H16N2O6/c1-23-10-5-6-13(24-2)12(8-10)17-14(19)9-18-7-3-4-11(15(18)20)16(21)22/h3-8H,9H2,1-2H3,(H,17,19)(H,21,22). The minimum absolute atomic E-state index is 0.333. The molecule has 8 nitrogen and oxygen atoms in total. The van der Waals surface area contributed by atoms with Crippen LogP contribution in [0.15, 0.2) is 41.3 Å². The third-order valence-corrected chi connectivity index (χ3v) is 3.25. The molecule has 24 heavy (non-hydrogen) atoms. The summed E-state index contributed by atoms with van der Waals surface area (Å²) in [7, 11) is 2.95. The van der Waals surface area contributed by atoms with E-state index in [1.54, 1.807) is 18.2 Å². The van der Waals surface area contributed by atoms with Gasteiger partial charge in [-0.1, -0.05) is 0 Å². The highest BCUT2D eigenvalue weighted by molar-refractivity contribution is 5.92. The van der Waals surface area contributed by atoms with Gasteiger partial charge in [0.05, 0.1) is 19.9 Å². The molecular weight excluding hydrogens is 316 g/mol. The van der Waals surface area contributed by atoms with Crippen molar-refractivity contribution in [2.75, 3.05) is 19.5 Å². The summed E-state index contributed by atoms with van der Waals surface area (Å²) < 4.78 is 11.3. The number of carboxylic acids is 1. The fourth-order valence-electron chi connectivity index (χ4n) is 2.08. The molecule has 0 aliphatic carbocycles. The number of methoxy groups -OCH3 is 2. The normalized spacial score (nSPS) is 10.1. The number of aromatic nitrogens is 1. The monoisotopic (exact) mass is 332 g/mol. The summed E-state index contributed by atoms with van der Waals surface area (Å²) in [4.78, 5) is 35.1. The summed E-state index contributed by atoms with van der Waals surface area (Å²) in [5.41, 5.74) is -0.772. The Balaban J connectivity index is 2.22. The Bertz CT molecular complexity index is 828. The van der Waals surface area contributed by atoms with Gasteiger partial charge < -0.3 is 24.5 Å². The maximum atomic E-state index is 12.2. The Morgan fingerprint density at radius 2 is 1.96 bits per heavy atom. The van der Waals surface area contributed by atoms with Gasteiger partial charge in [-0.25, -0.2) is 4.79 Å². The number of pyridine rings is 1. The lowest BCUT2D eigenvalue weighted by Gasteiger charge is -2.12. The molecule has 0 aliphatic heterocycles. The highest BCUT2D eigenvalue weighted by Crippen LogP contribution is 2.28. The van der Waals surface area contributed by atoms with E-state index in [0.29, 0.717) is 17.2 Å². The van der Waals surface area contributed by atoms with Crippen molar-refractivity contribution in [3.05, 3.63) is 52.4 Å². The molecule has 8 heteroatoms. The lowest BCUT2D eigenvalue weighted by molar-refractivity contribution is -0.116.